The number of nitrogens with one attached hydrogen (secondary N) is 1. The second kappa shape index (κ2) is 11.8. The van der Waals surface area contributed by atoms with Crippen molar-refractivity contribution in [2.45, 2.75) is 25.9 Å². The van der Waals surface area contributed by atoms with Gasteiger partial charge in [0.25, 0.3) is 0 Å². The number of benzene rings is 2. The molecule has 2 aromatic rings. The third kappa shape index (κ3) is 7.15. The average Bonchev–Trinajstić information content (AvgIpc) is 3.27. The van der Waals surface area contributed by atoms with Gasteiger partial charge in [-0.05, 0) is 48.6 Å². The molecule has 1 heterocycles. The number of hydrogen-bond acceptors (Lipinski definition) is 7. The number of ether oxygens (including phenoxy) is 4. The summed E-state index contributed by atoms with van der Waals surface area (Å²) in [5, 5.41) is 20.4. The quantitative estimate of drug-likeness (QED) is 0.430. The van der Waals surface area contributed by atoms with Crippen LogP contribution < -0.4 is 19.5 Å². The van der Waals surface area contributed by atoms with Gasteiger partial charge in [0.1, 0.15) is 18.5 Å². The summed E-state index contributed by atoms with van der Waals surface area (Å²) in [6, 6.07) is 12.1. The Bertz CT molecular complexity index is 973. The average molecular weight is 457 g/mol. The van der Waals surface area contributed by atoms with Gasteiger partial charge in [-0.3, -0.25) is 5.32 Å². The summed E-state index contributed by atoms with van der Waals surface area (Å²) in [4.78, 5) is 23.4. The predicted octanol–water partition coefficient (Wildman–Crippen LogP) is 4.13. The van der Waals surface area contributed by atoms with E-state index in [0.717, 1.165) is 11.6 Å². The number of anilines is 1. The van der Waals surface area contributed by atoms with Gasteiger partial charge >= 0.3 is 12.1 Å². The summed E-state index contributed by atoms with van der Waals surface area (Å²) in [5.41, 5.74) is 1.27. The first kappa shape index (κ1) is 23.9. The lowest BCUT2D eigenvalue weighted by atomic mass is 9.93. The molecule has 0 aromatic heterocycles. The molecular formula is C24H27NO8. The predicted molar refractivity (Wildman–Crippen MR) is 120 cm³/mol. The van der Waals surface area contributed by atoms with Gasteiger partial charge in [-0.25, -0.2) is 9.59 Å². The van der Waals surface area contributed by atoms with Crippen molar-refractivity contribution in [1.82, 2.24) is 0 Å². The molecule has 9 heteroatoms. The van der Waals surface area contributed by atoms with Crippen LogP contribution in [0.1, 0.15) is 31.4 Å². The molecule has 2 aromatic carbocycles. The lowest BCUT2D eigenvalue weighted by Gasteiger charge is -2.25. The van der Waals surface area contributed by atoms with Gasteiger partial charge in [0.2, 0.25) is 6.79 Å². The SMILES string of the molecule is C[C@H](CC/C=C/C(=O)O)[C@@H](OC(=O)Nc1ccc2c(c1)OCO2)c1ccc(OCCO)cc1. The van der Waals surface area contributed by atoms with Crippen LogP contribution in [0.4, 0.5) is 10.5 Å². The van der Waals surface area contributed by atoms with Gasteiger partial charge in [0.15, 0.2) is 11.5 Å². The van der Waals surface area contributed by atoms with E-state index in [1.165, 1.54) is 0 Å². The number of carbonyl (C=O) groups excluding carboxylic acids is 1. The second-order valence-electron chi connectivity index (χ2n) is 7.46. The molecule has 2 atom stereocenters. The molecule has 3 rings (SSSR count). The fraction of sp³-hybridized carbons (Fsp3) is 0.333. The van der Waals surface area contributed by atoms with Crippen molar-refractivity contribution in [3.8, 4) is 17.2 Å². The summed E-state index contributed by atoms with van der Waals surface area (Å²) in [6.07, 6.45) is 2.59. The molecule has 0 aliphatic carbocycles. The normalized spacial score (nSPS) is 14.0. The summed E-state index contributed by atoms with van der Waals surface area (Å²) >= 11 is 0. The minimum atomic E-state index is -1.00. The van der Waals surface area contributed by atoms with Crippen LogP contribution in [0.2, 0.25) is 0 Å². The Labute approximate surface area is 191 Å². The first-order valence-electron chi connectivity index (χ1n) is 10.6. The van der Waals surface area contributed by atoms with Crippen molar-refractivity contribution in [2.75, 3.05) is 25.3 Å². The van der Waals surface area contributed by atoms with Crippen molar-refractivity contribution in [3.05, 3.63) is 60.2 Å². The minimum Gasteiger partial charge on any atom is -0.491 e. The monoisotopic (exact) mass is 457 g/mol. The lowest BCUT2D eigenvalue weighted by Crippen LogP contribution is -2.22. The Hall–Kier alpha value is -3.72. The number of carboxylic acid groups (broad SMARTS) is 1. The fourth-order valence-corrected chi connectivity index (χ4v) is 3.36. The van der Waals surface area contributed by atoms with Crippen molar-refractivity contribution in [1.29, 1.82) is 0 Å². The van der Waals surface area contributed by atoms with Crippen molar-refractivity contribution >= 4 is 17.7 Å². The van der Waals surface area contributed by atoms with E-state index in [1.807, 2.05) is 6.92 Å². The zero-order valence-corrected chi connectivity index (χ0v) is 18.2. The molecule has 0 saturated heterocycles. The van der Waals surface area contributed by atoms with Gasteiger partial charge in [0, 0.05) is 17.8 Å². The van der Waals surface area contributed by atoms with Crippen LogP contribution in [0.5, 0.6) is 17.2 Å². The highest BCUT2D eigenvalue weighted by molar-refractivity contribution is 5.85. The first-order valence-corrected chi connectivity index (χ1v) is 10.6. The molecule has 0 bridgehead atoms. The Balaban J connectivity index is 1.69. The third-order valence-corrected chi connectivity index (χ3v) is 4.99. The smallest absolute Gasteiger partial charge is 0.412 e. The molecule has 1 aliphatic heterocycles. The molecule has 0 unspecified atom stereocenters. The zero-order valence-electron chi connectivity index (χ0n) is 18.2. The molecule has 0 fully saturated rings. The molecule has 0 spiro atoms. The Morgan fingerprint density at radius 2 is 1.91 bits per heavy atom. The van der Waals surface area contributed by atoms with E-state index >= 15 is 0 Å². The molecular weight excluding hydrogens is 430 g/mol. The summed E-state index contributed by atoms with van der Waals surface area (Å²) in [6.45, 7) is 2.17. The number of hydrogen-bond donors (Lipinski definition) is 3. The summed E-state index contributed by atoms with van der Waals surface area (Å²) in [5.74, 6) is 0.639. The zero-order chi connectivity index (χ0) is 23.6. The van der Waals surface area contributed by atoms with E-state index in [9.17, 15) is 9.59 Å². The Morgan fingerprint density at radius 3 is 2.64 bits per heavy atom. The van der Waals surface area contributed by atoms with E-state index in [-0.39, 0.29) is 25.9 Å². The van der Waals surface area contributed by atoms with E-state index in [4.69, 9.17) is 29.2 Å². The number of carboxylic acids is 1. The molecule has 0 radical (unpaired) electrons. The highest BCUT2D eigenvalue weighted by atomic mass is 16.7. The maximum atomic E-state index is 12.7. The number of aliphatic carboxylic acids is 1. The van der Waals surface area contributed by atoms with E-state index in [2.05, 4.69) is 5.32 Å². The van der Waals surface area contributed by atoms with Crippen LogP contribution in [-0.4, -0.2) is 42.3 Å². The van der Waals surface area contributed by atoms with Gasteiger partial charge in [-0.1, -0.05) is 25.1 Å². The molecule has 1 amide bonds. The summed E-state index contributed by atoms with van der Waals surface area (Å²) in [7, 11) is 0. The van der Waals surface area contributed by atoms with Crippen LogP contribution in [0.25, 0.3) is 0 Å². The molecule has 1 aliphatic rings. The topological polar surface area (TPSA) is 124 Å². The number of amides is 1. The van der Waals surface area contributed by atoms with Gasteiger partial charge in [-0.2, -0.15) is 0 Å². The third-order valence-electron chi connectivity index (χ3n) is 4.99. The van der Waals surface area contributed by atoms with Crippen molar-refractivity contribution in [2.24, 2.45) is 5.92 Å². The van der Waals surface area contributed by atoms with Gasteiger partial charge < -0.3 is 29.2 Å². The number of aliphatic hydroxyl groups excluding tert-OH is 1. The van der Waals surface area contributed by atoms with Gasteiger partial charge in [0.05, 0.1) is 6.61 Å². The highest BCUT2D eigenvalue weighted by Gasteiger charge is 2.24. The molecule has 3 N–H and O–H groups in total. The van der Waals surface area contributed by atoms with Crippen molar-refractivity contribution < 1.29 is 38.7 Å². The van der Waals surface area contributed by atoms with Crippen molar-refractivity contribution in [3.63, 3.8) is 0 Å². The summed E-state index contributed by atoms with van der Waals surface area (Å²) < 4.78 is 21.8. The largest absolute Gasteiger partial charge is 0.491 e. The lowest BCUT2D eigenvalue weighted by molar-refractivity contribution is -0.131. The number of carbonyl (C=O) groups is 2. The number of rotatable bonds is 11. The van der Waals surface area contributed by atoms with E-state index in [0.29, 0.717) is 35.8 Å². The Kier molecular flexibility index (Phi) is 8.54. The van der Waals surface area contributed by atoms with Gasteiger partial charge in [-0.15, -0.1) is 0 Å². The van der Waals surface area contributed by atoms with Crippen LogP contribution in [-0.2, 0) is 9.53 Å². The number of fused-ring (bicyclic) bond motifs is 1. The van der Waals surface area contributed by atoms with Crippen LogP contribution in [0.15, 0.2) is 54.6 Å². The van der Waals surface area contributed by atoms with E-state index < -0.39 is 18.2 Å². The van der Waals surface area contributed by atoms with Crippen LogP contribution in [0, 0.1) is 5.92 Å². The fourth-order valence-electron chi connectivity index (χ4n) is 3.36. The van der Waals surface area contributed by atoms with Crippen LogP contribution >= 0.6 is 0 Å². The molecule has 33 heavy (non-hydrogen) atoms. The Morgan fingerprint density at radius 1 is 1.15 bits per heavy atom. The van der Waals surface area contributed by atoms with Crippen LogP contribution in [0.3, 0.4) is 0 Å². The number of aliphatic hydroxyl groups is 1. The number of allylic oxidation sites excluding steroid dienone is 1. The first-order chi connectivity index (χ1) is 16.0. The minimum absolute atomic E-state index is 0.0889. The maximum Gasteiger partial charge on any atom is 0.412 e. The standard InChI is InChI=1S/C24H27NO8/c1-16(4-2-3-5-22(27)28)23(17-6-9-19(10-7-17)30-13-12-26)33-24(29)25-18-8-11-20-21(14-18)32-15-31-20/h3,5-11,14,16,23,26H,2,4,12-13,15H2,1H3,(H,25,29)(H,27,28)/b5-3+/t16-,23-/m1/s1. The molecule has 0 saturated carbocycles. The molecule has 9 nitrogen and oxygen atoms in total. The molecule has 176 valence electrons. The maximum absolute atomic E-state index is 12.7. The highest BCUT2D eigenvalue weighted by Crippen LogP contribution is 2.35. The van der Waals surface area contributed by atoms with E-state index in [1.54, 1.807) is 48.5 Å². The second-order valence-corrected chi connectivity index (χ2v) is 7.46.